The van der Waals surface area contributed by atoms with E-state index in [0.717, 1.165) is 5.56 Å². The highest BCUT2D eigenvalue weighted by molar-refractivity contribution is 15.0. The quantitative estimate of drug-likeness (QED) is 0.614. The highest BCUT2D eigenvalue weighted by Gasteiger charge is 2.38. The minimum Gasteiger partial charge on any atom is -0.383 e. The number of ether oxygens (including phenoxy) is 1. The zero-order valence-corrected chi connectivity index (χ0v) is 15.7. The average Bonchev–Trinajstić information content (AvgIpc) is 2.64. The van der Waals surface area contributed by atoms with Crippen molar-refractivity contribution in [1.29, 1.82) is 0 Å². The number of rotatable bonds is 1. The molecule has 1 aromatic rings. The Morgan fingerprint density at radius 1 is 1.32 bits per heavy atom. The van der Waals surface area contributed by atoms with Crippen LogP contribution in [0.1, 0.15) is 32.6 Å². The number of hydrogen-bond donors (Lipinski definition) is 1. The van der Waals surface area contributed by atoms with Gasteiger partial charge in [0.1, 0.15) is 12.0 Å². The summed E-state index contributed by atoms with van der Waals surface area (Å²) in [5, 5.41) is 0. The Labute approximate surface area is 136 Å². The molecule has 0 bridgehead atoms. The highest BCUT2D eigenvalue weighted by Crippen LogP contribution is 2.37. The van der Waals surface area contributed by atoms with Gasteiger partial charge in [0.15, 0.2) is 0 Å². The second-order valence-electron chi connectivity index (χ2n) is 4.95. The van der Waals surface area contributed by atoms with Gasteiger partial charge in [0.25, 0.3) is 0 Å². The van der Waals surface area contributed by atoms with Crippen molar-refractivity contribution < 1.29 is 4.74 Å². The van der Waals surface area contributed by atoms with Gasteiger partial charge in [0.2, 0.25) is 0 Å². The van der Waals surface area contributed by atoms with Crippen LogP contribution < -0.4 is 11.4 Å². The normalized spacial score (nSPS) is 29.8. The number of anilines is 1. The van der Waals surface area contributed by atoms with Gasteiger partial charge < -0.3 is 10.5 Å². The number of hydrogen-bond acceptors (Lipinski definition) is 4. The molecular weight excluding hydrogens is 472 g/mol. The standard InChI is InChI=1S/C12H19N3O2.I2/c1-6-5-15(12(16)14-10(6)13)11-8(3)7(2)9(4)17-11;1-2/h5,7-9,11H,1-4H3,(H2,13,14,16);. The first kappa shape index (κ1) is 17.2. The van der Waals surface area contributed by atoms with Crippen LogP contribution >= 0.6 is 37.2 Å². The van der Waals surface area contributed by atoms with Gasteiger partial charge in [-0.2, -0.15) is 4.98 Å². The number of halogens is 2. The van der Waals surface area contributed by atoms with Crippen LogP contribution in [-0.2, 0) is 4.74 Å². The van der Waals surface area contributed by atoms with Crippen LogP contribution in [0.15, 0.2) is 11.0 Å². The van der Waals surface area contributed by atoms with Crippen molar-refractivity contribution in [3.05, 3.63) is 22.2 Å². The van der Waals surface area contributed by atoms with Crippen LogP contribution in [0.4, 0.5) is 5.82 Å². The summed E-state index contributed by atoms with van der Waals surface area (Å²) in [4.78, 5) is 15.6. The van der Waals surface area contributed by atoms with Crippen molar-refractivity contribution in [2.24, 2.45) is 11.8 Å². The molecule has 1 aliphatic heterocycles. The molecule has 2 N–H and O–H groups in total. The second kappa shape index (κ2) is 7.21. The lowest BCUT2D eigenvalue weighted by atomic mass is 9.93. The smallest absolute Gasteiger partial charge is 0.351 e. The molecule has 108 valence electrons. The van der Waals surface area contributed by atoms with Crippen molar-refractivity contribution >= 4 is 43.0 Å². The van der Waals surface area contributed by atoms with E-state index in [0.29, 0.717) is 5.92 Å². The van der Waals surface area contributed by atoms with E-state index < -0.39 is 0 Å². The molecule has 2 heterocycles. The third-order valence-electron chi connectivity index (χ3n) is 3.82. The summed E-state index contributed by atoms with van der Waals surface area (Å²) in [7, 11) is 0. The number of nitrogens with two attached hydrogens (primary N) is 1. The molecule has 0 saturated carbocycles. The topological polar surface area (TPSA) is 70.1 Å². The molecule has 1 fully saturated rings. The Balaban J connectivity index is 0.000000861. The van der Waals surface area contributed by atoms with E-state index in [1.165, 1.54) is 0 Å². The predicted molar refractivity (Wildman–Crippen MR) is 93.6 cm³/mol. The Bertz CT molecular complexity index is 492. The maximum atomic E-state index is 11.8. The molecule has 0 radical (unpaired) electrons. The van der Waals surface area contributed by atoms with Crippen molar-refractivity contribution in [2.45, 2.75) is 40.0 Å². The maximum absolute atomic E-state index is 11.8. The lowest BCUT2D eigenvalue weighted by molar-refractivity contribution is -0.00757. The molecule has 0 amide bonds. The van der Waals surface area contributed by atoms with Crippen LogP contribution in [0.25, 0.3) is 0 Å². The van der Waals surface area contributed by atoms with Crippen LogP contribution in [0.3, 0.4) is 0 Å². The number of nitrogens with zero attached hydrogens (tertiary/aromatic N) is 2. The molecule has 7 heteroatoms. The fourth-order valence-corrected chi connectivity index (χ4v) is 2.24. The van der Waals surface area contributed by atoms with Crippen LogP contribution in [0.2, 0.25) is 0 Å². The molecule has 1 aromatic heterocycles. The van der Waals surface area contributed by atoms with Crippen molar-refractivity contribution in [3.63, 3.8) is 0 Å². The Morgan fingerprint density at radius 2 is 1.89 bits per heavy atom. The molecule has 19 heavy (non-hydrogen) atoms. The maximum Gasteiger partial charge on any atom is 0.351 e. The highest BCUT2D eigenvalue weighted by atomic mass is 128. The monoisotopic (exact) mass is 491 g/mol. The molecule has 0 aliphatic carbocycles. The summed E-state index contributed by atoms with van der Waals surface area (Å²) >= 11 is 4.24. The summed E-state index contributed by atoms with van der Waals surface area (Å²) in [5.74, 6) is 0.996. The largest absolute Gasteiger partial charge is 0.383 e. The first-order valence-corrected chi connectivity index (χ1v) is 12.4. The third-order valence-corrected chi connectivity index (χ3v) is 3.82. The Kier molecular flexibility index (Phi) is 6.51. The van der Waals surface area contributed by atoms with Gasteiger partial charge in [0, 0.05) is 54.9 Å². The fourth-order valence-electron chi connectivity index (χ4n) is 2.24. The minimum atomic E-state index is -0.341. The van der Waals surface area contributed by atoms with Gasteiger partial charge in [-0.1, -0.05) is 13.8 Å². The van der Waals surface area contributed by atoms with E-state index in [4.69, 9.17) is 10.5 Å². The van der Waals surface area contributed by atoms with E-state index in [2.05, 4.69) is 56.1 Å². The van der Waals surface area contributed by atoms with Gasteiger partial charge in [-0.3, -0.25) is 4.57 Å². The van der Waals surface area contributed by atoms with Crippen LogP contribution in [0.5, 0.6) is 0 Å². The fraction of sp³-hybridized carbons (Fsp3) is 0.667. The van der Waals surface area contributed by atoms with Gasteiger partial charge in [-0.05, 0) is 19.8 Å². The molecule has 1 aliphatic rings. The van der Waals surface area contributed by atoms with Crippen molar-refractivity contribution in [3.8, 4) is 0 Å². The molecule has 1 saturated heterocycles. The second-order valence-corrected chi connectivity index (χ2v) is 4.95. The van der Waals surface area contributed by atoms with E-state index in [9.17, 15) is 4.79 Å². The first-order valence-electron chi connectivity index (χ1n) is 6.07. The van der Waals surface area contributed by atoms with Gasteiger partial charge in [-0.25, -0.2) is 4.79 Å². The summed E-state index contributed by atoms with van der Waals surface area (Å²) in [6.07, 6.45) is 1.65. The summed E-state index contributed by atoms with van der Waals surface area (Å²) in [6.45, 7) is 8.10. The van der Waals surface area contributed by atoms with E-state index in [-0.39, 0.29) is 29.8 Å². The summed E-state index contributed by atoms with van der Waals surface area (Å²) in [6, 6.07) is 0. The lowest BCUT2D eigenvalue weighted by Gasteiger charge is -2.19. The molecule has 4 unspecified atom stereocenters. The molecule has 4 atom stereocenters. The Hall–Kier alpha value is 0.1000. The number of aryl methyl sites for hydroxylation is 1. The first-order chi connectivity index (χ1) is 8.91. The molecule has 0 aromatic carbocycles. The third kappa shape index (κ3) is 3.60. The molecule has 0 spiro atoms. The molecule has 2 rings (SSSR count). The number of nitrogen functional groups attached to an aromatic ring is 1. The van der Waals surface area contributed by atoms with Crippen LogP contribution in [-0.4, -0.2) is 15.7 Å². The zero-order valence-electron chi connectivity index (χ0n) is 11.4. The summed E-state index contributed by atoms with van der Waals surface area (Å²) < 4.78 is 7.38. The predicted octanol–water partition coefficient (Wildman–Crippen LogP) is 3.09. The minimum absolute atomic E-state index is 0.153. The molecular formula is C12H19I2N3O2. The average molecular weight is 491 g/mol. The lowest BCUT2D eigenvalue weighted by Crippen LogP contribution is -2.30. The number of aromatic nitrogens is 2. The van der Waals surface area contributed by atoms with E-state index in [1.807, 2.05) is 13.8 Å². The van der Waals surface area contributed by atoms with Crippen molar-refractivity contribution in [1.82, 2.24) is 9.55 Å². The van der Waals surface area contributed by atoms with Gasteiger partial charge in [-0.15, -0.1) is 0 Å². The Morgan fingerprint density at radius 3 is 2.37 bits per heavy atom. The van der Waals surface area contributed by atoms with Crippen molar-refractivity contribution in [2.75, 3.05) is 5.73 Å². The SMILES string of the molecule is Cc1cn(C2OC(C)C(C)C2C)c(=O)nc1N.II. The van der Waals surface area contributed by atoms with E-state index >= 15 is 0 Å². The van der Waals surface area contributed by atoms with E-state index in [1.54, 1.807) is 10.8 Å². The van der Waals surface area contributed by atoms with Gasteiger partial charge >= 0.3 is 5.69 Å². The van der Waals surface area contributed by atoms with Crippen LogP contribution in [0, 0.1) is 18.8 Å². The molecule has 5 nitrogen and oxygen atoms in total. The summed E-state index contributed by atoms with van der Waals surface area (Å²) in [5.41, 5.74) is 6.07. The van der Waals surface area contributed by atoms with Gasteiger partial charge in [0.05, 0.1) is 6.10 Å². The zero-order chi connectivity index (χ0) is 14.7.